The highest BCUT2D eigenvalue weighted by atomic mass is 79.9. The molecule has 4 heteroatoms. The molecule has 1 aromatic rings. The number of halogens is 2. The molecule has 1 aromatic carbocycles. The lowest BCUT2D eigenvalue weighted by atomic mass is 10.2. The lowest BCUT2D eigenvalue weighted by Crippen LogP contribution is -2.25. The molecule has 0 unspecified atom stereocenters. The summed E-state index contributed by atoms with van der Waals surface area (Å²) >= 11 is 8.73. The van der Waals surface area contributed by atoms with Crippen LogP contribution in [-0.2, 0) is 0 Å². The van der Waals surface area contributed by atoms with E-state index in [9.17, 15) is 4.79 Å². The Morgan fingerprint density at radius 2 is 2.00 bits per heavy atom. The third-order valence-corrected chi connectivity index (χ3v) is 2.20. The van der Waals surface area contributed by atoms with Gasteiger partial charge in [0, 0.05) is 22.5 Å². The molecule has 0 heterocycles. The number of nitrogens with one attached hydrogen (secondary N) is 1. The van der Waals surface area contributed by atoms with Crippen LogP contribution >= 0.6 is 27.5 Å². The molecule has 0 radical (unpaired) electrons. The molecule has 0 aromatic heterocycles. The van der Waals surface area contributed by atoms with Crippen molar-refractivity contribution in [2.75, 3.05) is 12.4 Å². The first-order valence-electron chi connectivity index (χ1n) is 3.84. The van der Waals surface area contributed by atoms with Crippen LogP contribution in [0, 0.1) is 0 Å². The first-order valence-corrected chi connectivity index (χ1v) is 5.16. The molecular formula is C9H9BrClNO. The van der Waals surface area contributed by atoms with Crippen LogP contribution < -0.4 is 5.32 Å². The second-order valence-electron chi connectivity index (χ2n) is 2.45. The Balaban J connectivity index is 2.61. The van der Waals surface area contributed by atoms with Crippen LogP contribution in [0.25, 0.3) is 0 Å². The molecule has 1 amide bonds. The van der Waals surface area contributed by atoms with Gasteiger partial charge >= 0.3 is 0 Å². The maximum absolute atomic E-state index is 11.3. The smallest absolute Gasteiger partial charge is 0.251 e. The summed E-state index contributed by atoms with van der Waals surface area (Å²) in [7, 11) is 0. The highest BCUT2D eigenvalue weighted by Gasteiger charge is 2.02. The van der Waals surface area contributed by atoms with E-state index in [-0.39, 0.29) is 5.91 Å². The van der Waals surface area contributed by atoms with E-state index in [0.29, 0.717) is 18.0 Å². The van der Waals surface area contributed by atoms with Crippen molar-refractivity contribution in [3.63, 3.8) is 0 Å². The quantitative estimate of drug-likeness (QED) is 0.833. The van der Waals surface area contributed by atoms with Gasteiger partial charge in [-0.3, -0.25) is 4.79 Å². The van der Waals surface area contributed by atoms with E-state index in [1.54, 1.807) is 12.1 Å². The Hall–Kier alpha value is -0.540. The molecule has 0 atom stereocenters. The average Bonchev–Trinajstić information content (AvgIpc) is 2.15. The minimum Gasteiger partial charge on any atom is -0.351 e. The van der Waals surface area contributed by atoms with Gasteiger partial charge in [0.05, 0.1) is 0 Å². The van der Waals surface area contributed by atoms with Crippen molar-refractivity contribution in [1.82, 2.24) is 5.32 Å². The standard InChI is InChI=1S/C9H9BrClNO/c10-8-3-1-7(2-4-8)9(13)12-6-5-11/h1-4H,5-6H2,(H,12,13). The van der Waals surface area contributed by atoms with Crippen LogP contribution in [0.1, 0.15) is 10.4 Å². The number of hydrogen-bond acceptors (Lipinski definition) is 1. The van der Waals surface area contributed by atoms with E-state index in [2.05, 4.69) is 21.2 Å². The molecule has 0 bridgehead atoms. The van der Waals surface area contributed by atoms with Gasteiger partial charge in [-0.25, -0.2) is 0 Å². The van der Waals surface area contributed by atoms with E-state index in [4.69, 9.17) is 11.6 Å². The van der Waals surface area contributed by atoms with Crippen LogP contribution in [0.5, 0.6) is 0 Å². The number of amides is 1. The number of carbonyl (C=O) groups is 1. The first kappa shape index (κ1) is 10.5. The molecule has 0 saturated carbocycles. The fraction of sp³-hybridized carbons (Fsp3) is 0.222. The van der Waals surface area contributed by atoms with Crippen molar-refractivity contribution in [3.8, 4) is 0 Å². The molecule has 70 valence electrons. The van der Waals surface area contributed by atoms with Crippen molar-refractivity contribution in [3.05, 3.63) is 34.3 Å². The number of alkyl halides is 1. The molecule has 0 spiro atoms. The van der Waals surface area contributed by atoms with Crippen molar-refractivity contribution in [1.29, 1.82) is 0 Å². The van der Waals surface area contributed by atoms with Crippen LogP contribution in [0.15, 0.2) is 28.7 Å². The lowest BCUT2D eigenvalue weighted by Gasteiger charge is -2.02. The molecule has 0 fully saturated rings. The van der Waals surface area contributed by atoms with Gasteiger partial charge in [-0.1, -0.05) is 15.9 Å². The summed E-state index contributed by atoms with van der Waals surface area (Å²) in [6, 6.07) is 7.17. The minimum absolute atomic E-state index is 0.0897. The molecule has 0 aliphatic rings. The fourth-order valence-corrected chi connectivity index (χ4v) is 1.22. The van der Waals surface area contributed by atoms with E-state index in [0.717, 1.165) is 4.47 Å². The van der Waals surface area contributed by atoms with Gasteiger partial charge in [0.25, 0.3) is 5.91 Å². The minimum atomic E-state index is -0.0897. The normalized spacial score (nSPS) is 9.69. The molecule has 0 saturated heterocycles. The Kier molecular flexibility index (Phi) is 4.25. The number of hydrogen-bond donors (Lipinski definition) is 1. The van der Waals surface area contributed by atoms with Gasteiger partial charge in [-0.15, -0.1) is 11.6 Å². The third kappa shape index (κ3) is 3.36. The van der Waals surface area contributed by atoms with Crippen LogP contribution in [0.3, 0.4) is 0 Å². The second kappa shape index (κ2) is 5.25. The van der Waals surface area contributed by atoms with Gasteiger partial charge < -0.3 is 5.32 Å². The fourth-order valence-electron chi connectivity index (χ4n) is 0.864. The van der Waals surface area contributed by atoms with Crippen LogP contribution in [-0.4, -0.2) is 18.3 Å². The van der Waals surface area contributed by atoms with E-state index in [1.165, 1.54) is 0 Å². The predicted molar refractivity (Wildman–Crippen MR) is 57.2 cm³/mol. The monoisotopic (exact) mass is 261 g/mol. The highest BCUT2D eigenvalue weighted by Crippen LogP contribution is 2.10. The van der Waals surface area contributed by atoms with Gasteiger partial charge in [-0.05, 0) is 24.3 Å². The summed E-state index contributed by atoms with van der Waals surface area (Å²) in [5, 5.41) is 2.68. The molecule has 13 heavy (non-hydrogen) atoms. The Morgan fingerprint density at radius 3 is 2.54 bits per heavy atom. The SMILES string of the molecule is O=C(NCCCl)c1ccc(Br)cc1. The lowest BCUT2D eigenvalue weighted by molar-refractivity contribution is 0.0956. The van der Waals surface area contributed by atoms with Gasteiger partial charge in [0.2, 0.25) is 0 Å². The zero-order valence-electron chi connectivity index (χ0n) is 6.89. The van der Waals surface area contributed by atoms with Crippen LogP contribution in [0.4, 0.5) is 0 Å². The summed E-state index contributed by atoms with van der Waals surface area (Å²) in [5.41, 5.74) is 0.647. The van der Waals surface area contributed by atoms with E-state index >= 15 is 0 Å². The number of carbonyl (C=O) groups excluding carboxylic acids is 1. The third-order valence-electron chi connectivity index (χ3n) is 1.49. The molecule has 0 aliphatic heterocycles. The summed E-state index contributed by atoms with van der Waals surface area (Å²) in [6.07, 6.45) is 0. The molecule has 1 N–H and O–H groups in total. The number of benzene rings is 1. The van der Waals surface area contributed by atoms with Gasteiger partial charge in [0.1, 0.15) is 0 Å². The van der Waals surface area contributed by atoms with Crippen molar-refractivity contribution in [2.45, 2.75) is 0 Å². The average molecular weight is 263 g/mol. The summed E-state index contributed by atoms with van der Waals surface area (Å²) < 4.78 is 0.960. The summed E-state index contributed by atoms with van der Waals surface area (Å²) in [5.74, 6) is 0.343. The molecule has 0 aliphatic carbocycles. The second-order valence-corrected chi connectivity index (χ2v) is 3.75. The topological polar surface area (TPSA) is 29.1 Å². The molecular weight excluding hydrogens is 253 g/mol. The zero-order valence-corrected chi connectivity index (χ0v) is 9.23. The zero-order chi connectivity index (χ0) is 9.68. The van der Waals surface area contributed by atoms with Gasteiger partial charge in [0.15, 0.2) is 0 Å². The first-order chi connectivity index (χ1) is 6.24. The van der Waals surface area contributed by atoms with Crippen molar-refractivity contribution >= 4 is 33.4 Å². The maximum atomic E-state index is 11.3. The van der Waals surface area contributed by atoms with Gasteiger partial charge in [-0.2, -0.15) is 0 Å². The van der Waals surface area contributed by atoms with Crippen molar-refractivity contribution in [2.24, 2.45) is 0 Å². The predicted octanol–water partition coefficient (Wildman–Crippen LogP) is 2.42. The Bertz CT molecular complexity index is 286. The van der Waals surface area contributed by atoms with E-state index < -0.39 is 0 Å². The largest absolute Gasteiger partial charge is 0.351 e. The van der Waals surface area contributed by atoms with Crippen molar-refractivity contribution < 1.29 is 4.79 Å². The molecule has 1 rings (SSSR count). The molecule has 2 nitrogen and oxygen atoms in total. The highest BCUT2D eigenvalue weighted by molar-refractivity contribution is 9.10. The van der Waals surface area contributed by atoms with E-state index in [1.807, 2.05) is 12.1 Å². The summed E-state index contributed by atoms with van der Waals surface area (Å²) in [6.45, 7) is 0.496. The maximum Gasteiger partial charge on any atom is 0.251 e. The Labute approximate surface area is 90.4 Å². The number of rotatable bonds is 3. The Morgan fingerprint density at radius 1 is 1.38 bits per heavy atom. The summed E-state index contributed by atoms with van der Waals surface area (Å²) in [4.78, 5) is 11.3. The van der Waals surface area contributed by atoms with Crippen LogP contribution in [0.2, 0.25) is 0 Å².